The number of hydrogen-bond donors (Lipinski definition) is 0. The first kappa shape index (κ1) is 25.0. The van der Waals surface area contributed by atoms with Gasteiger partial charge in [-0.1, -0.05) is 0 Å². The Morgan fingerprint density at radius 3 is 1.39 bits per heavy atom. The minimum Gasteiger partial charge on any atom is -1.00 e. The third-order valence-electron chi connectivity index (χ3n) is 7.85. The Bertz CT molecular complexity index is 975. The number of allylic oxidation sites excluding steroid dienone is 2. The molecule has 0 amide bonds. The Hall–Kier alpha value is -0.617. The van der Waals surface area contributed by atoms with E-state index >= 15 is 0 Å². The third kappa shape index (κ3) is 3.78. The fraction of sp³-hybridized carbons (Fsp3) is 0.429. The van der Waals surface area contributed by atoms with Gasteiger partial charge in [-0.15, -0.1) is 0 Å². The Balaban J connectivity index is 0.00000136. The maximum Gasteiger partial charge on any atom is -1.00 e. The summed E-state index contributed by atoms with van der Waals surface area (Å²) >= 11 is -2.41. The van der Waals surface area contributed by atoms with Crippen LogP contribution in [0.4, 0.5) is 0 Å². The Labute approximate surface area is 205 Å². The fourth-order valence-electron chi connectivity index (χ4n) is 6.57. The predicted molar refractivity (Wildman–Crippen MR) is 123 cm³/mol. The third-order valence-corrected chi connectivity index (χ3v) is 21.3. The standard InChI is InChI=1S/2C13H15.C2H4.2ClH.Zr/c2*1-9(2)12-6-4-5-11-7-10(3)8-13(11)12;1-2;;;/h2*4-9H,1-3H3;1-2H2;2*1H;/q;;;;;+2/p-2. The molecule has 31 heavy (non-hydrogen) atoms. The molecule has 2 aromatic rings. The van der Waals surface area contributed by atoms with E-state index in [0.717, 1.165) is 7.25 Å². The number of rotatable bonds is 4. The number of benzene rings is 2. The largest absolute Gasteiger partial charge is 1.00 e. The summed E-state index contributed by atoms with van der Waals surface area (Å²) in [5.41, 5.74) is 12.9. The summed E-state index contributed by atoms with van der Waals surface area (Å²) in [7, 11) is 0. The van der Waals surface area contributed by atoms with Gasteiger partial charge in [0, 0.05) is 0 Å². The quantitative estimate of drug-likeness (QED) is 0.568. The average molecular weight is 533 g/mol. The first-order chi connectivity index (χ1) is 13.8. The molecule has 0 radical (unpaired) electrons. The zero-order valence-corrected chi connectivity index (χ0v) is 23.6. The van der Waals surface area contributed by atoms with Crippen LogP contribution < -0.4 is 24.8 Å². The van der Waals surface area contributed by atoms with Crippen LogP contribution in [-0.4, -0.2) is 0 Å². The molecule has 1 fully saturated rings. The molecule has 1 saturated heterocycles. The first-order valence-corrected chi connectivity index (χ1v) is 17.8. The summed E-state index contributed by atoms with van der Waals surface area (Å²) in [6.07, 6.45) is 5.12. The molecule has 2 unspecified atom stereocenters. The molecule has 164 valence electrons. The van der Waals surface area contributed by atoms with Crippen LogP contribution in [0.1, 0.15) is 94.0 Å². The van der Waals surface area contributed by atoms with Gasteiger partial charge < -0.3 is 24.8 Å². The minimum atomic E-state index is -2.41. The molecule has 1 heterocycles. The van der Waals surface area contributed by atoms with Crippen molar-refractivity contribution in [3.8, 4) is 0 Å². The zero-order chi connectivity index (χ0) is 20.5. The summed E-state index contributed by atoms with van der Waals surface area (Å²) in [5.74, 6) is 1.20. The molecule has 2 aliphatic carbocycles. The van der Waals surface area contributed by atoms with E-state index in [1.807, 2.05) is 0 Å². The van der Waals surface area contributed by atoms with Gasteiger partial charge in [0.05, 0.1) is 0 Å². The van der Waals surface area contributed by atoms with Crippen LogP contribution in [-0.2, 0) is 20.3 Å². The molecule has 2 atom stereocenters. The van der Waals surface area contributed by atoms with Crippen molar-refractivity contribution in [1.29, 1.82) is 0 Å². The van der Waals surface area contributed by atoms with Crippen LogP contribution in [0.5, 0.6) is 0 Å². The van der Waals surface area contributed by atoms with Crippen LogP contribution >= 0.6 is 0 Å². The molecular formula is C28H34Cl2Zr. The topological polar surface area (TPSA) is 0 Å². The maximum absolute atomic E-state index is 2.56. The summed E-state index contributed by atoms with van der Waals surface area (Å²) in [6.45, 7) is 14.2. The van der Waals surface area contributed by atoms with Crippen molar-refractivity contribution in [3.63, 3.8) is 0 Å². The fourth-order valence-corrected chi connectivity index (χ4v) is 24.3. The Morgan fingerprint density at radius 1 is 0.677 bits per heavy atom. The smallest absolute Gasteiger partial charge is 1.00 e. The van der Waals surface area contributed by atoms with E-state index in [1.54, 1.807) is 52.8 Å². The summed E-state index contributed by atoms with van der Waals surface area (Å²) in [6, 6.07) is 14.3. The minimum absolute atomic E-state index is 0. The number of hydrogen-bond acceptors (Lipinski definition) is 0. The van der Waals surface area contributed by atoms with E-state index < -0.39 is 20.3 Å². The van der Waals surface area contributed by atoms with Crippen LogP contribution in [0.2, 0.25) is 8.26 Å². The van der Waals surface area contributed by atoms with Gasteiger partial charge in [0.1, 0.15) is 0 Å². The van der Waals surface area contributed by atoms with Crippen molar-refractivity contribution in [2.45, 2.75) is 68.9 Å². The molecular weight excluding hydrogens is 498 g/mol. The molecule has 1 aliphatic heterocycles. The van der Waals surface area contributed by atoms with Gasteiger partial charge >= 0.3 is 182 Å². The van der Waals surface area contributed by atoms with Crippen molar-refractivity contribution in [1.82, 2.24) is 0 Å². The van der Waals surface area contributed by atoms with Gasteiger partial charge in [-0.2, -0.15) is 0 Å². The van der Waals surface area contributed by atoms with Crippen molar-refractivity contribution in [3.05, 3.63) is 80.9 Å². The van der Waals surface area contributed by atoms with E-state index in [9.17, 15) is 0 Å². The van der Waals surface area contributed by atoms with E-state index in [-0.39, 0.29) is 24.8 Å². The normalized spacial score (nSPS) is 21.3. The SMILES string of the molecule is CC1=Cc2c(C(C)C)cccc2[CH]1[Zr+2]1([CH]2C(C)=Cc3c(C(C)C)cccc32)[CH2][CH2]1.[Cl-].[Cl-]. The second-order valence-electron chi connectivity index (χ2n) is 10.4. The molecule has 0 saturated carbocycles. The second kappa shape index (κ2) is 8.97. The Kier molecular flexibility index (Phi) is 7.23. The molecule has 2 aromatic carbocycles. The maximum atomic E-state index is 2.56. The second-order valence-corrected chi connectivity index (χ2v) is 21.7. The van der Waals surface area contributed by atoms with E-state index in [2.05, 4.69) is 90.1 Å². The van der Waals surface area contributed by atoms with E-state index in [0.29, 0.717) is 11.8 Å². The molecule has 3 aliphatic rings. The van der Waals surface area contributed by atoms with Gasteiger partial charge in [0.2, 0.25) is 0 Å². The van der Waals surface area contributed by atoms with Crippen LogP contribution in [0.15, 0.2) is 47.5 Å². The molecule has 3 heteroatoms. The van der Waals surface area contributed by atoms with Crippen molar-refractivity contribution in [2.75, 3.05) is 0 Å². The molecule has 0 spiro atoms. The van der Waals surface area contributed by atoms with Gasteiger partial charge in [-0.05, 0) is 0 Å². The molecule has 0 aromatic heterocycles. The monoisotopic (exact) mass is 530 g/mol. The molecule has 5 rings (SSSR count). The van der Waals surface area contributed by atoms with Gasteiger partial charge in [0.15, 0.2) is 0 Å². The zero-order valence-electron chi connectivity index (χ0n) is 19.6. The number of halogens is 2. The van der Waals surface area contributed by atoms with E-state index in [4.69, 9.17) is 0 Å². The Morgan fingerprint density at radius 2 is 1.06 bits per heavy atom. The van der Waals surface area contributed by atoms with Crippen LogP contribution in [0.3, 0.4) is 0 Å². The number of fused-ring (bicyclic) bond motifs is 2. The van der Waals surface area contributed by atoms with Gasteiger partial charge in [-0.3, -0.25) is 0 Å². The summed E-state index contributed by atoms with van der Waals surface area (Å²) < 4.78 is 4.66. The van der Waals surface area contributed by atoms with Crippen molar-refractivity contribution >= 4 is 12.2 Å². The molecule has 0 bridgehead atoms. The summed E-state index contributed by atoms with van der Waals surface area (Å²) in [4.78, 5) is 0. The predicted octanol–water partition coefficient (Wildman–Crippen LogP) is 2.56. The summed E-state index contributed by atoms with van der Waals surface area (Å²) in [5, 5.41) is 0. The van der Waals surface area contributed by atoms with Crippen molar-refractivity contribution < 1.29 is 45.1 Å². The van der Waals surface area contributed by atoms with Crippen LogP contribution in [0.25, 0.3) is 12.2 Å². The van der Waals surface area contributed by atoms with Gasteiger partial charge in [0.25, 0.3) is 0 Å². The molecule has 0 N–H and O–H groups in total. The average Bonchev–Trinajstić information content (AvgIpc) is 3.25. The van der Waals surface area contributed by atoms with E-state index in [1.165, 1.54) is 0 Å². The van der Waals surface area contributed by atoms with Gasteiger partial charge in [-0.25, -0.2) is 0 Å². The molecule has 0 nitrogen and oxygen atoms in total. The first-order valence-electron chi connectivity index (χ1n) is 11.5. The van der Waals surface area contributed by atoms with Crippen molar-refractivity contribution in [2.24, 2.45) is 0 Å². The van der Waals surface area contributed by atoms with Crippen LogP contribution in [0, 0.1) is 0 Å².